The van der Waals surface area contributed by atoms with Gasteiger partial charge in [-0.05, 0) is 44.0 Å². The fourth-order valence-corrected chi connectivity index (χ4v) is 4.11. The minimum Gasteiger partial charge on any atom is -0.298 e. The van der Waals surface area contributed by atoms with E-state index < -0.39 is 0 Å². The molecule has 1 N–H and O–H groups in total. The Morgan fingerprint density at radius 3 is 2.91 bits per heavy atom. The van der Waals surface area contributed by atoms with Gasteiger partial charge >= 0.3 is 0 Å². The first kappa shape index (κ1) is 15.2. The third-order valence-corrected chi connectivity index (χ3v) is 5.54. The summed E-state index contributed by atoms with van der Waals surface area (Å²) in [5, 5.41) is 8.21. The normalized spacial score (nSPS) is 25.7. The van der Waals surface area contributed by atoms with Crippen LogP contribution in [-0.2, 0) is 6.54 Å². The summed E-state index contributed by atoms with van der Waals surface area (Å²) in [6, 6.07) is 9.31. The average Bonchev–Trinajstić information content (AvgIpc) is 3.17. The molecule has 0 aliphatic carbocycles. The Labute approximate surface area is 142 Å². The molecule has 1 aromatic heterocycles. The maximum absolute atomic E-state index is 6.00. The lowest BCUT2D eigenvalue weighted by Gasteiger charge is -2.42. The molecule has 2 fully saturated rings. The highest BCUT2D eigenvalue weighted by atomic mass is 35.5. The van der Waals surface area contributed by atoms with Gasteiger partial charge in [0.25, 0.3) is 0 Å². The molecule has 0 unspecified atom stereocenters. The standard InChI is InChI=1S/C18H23ClN4/c1-13-10-22-8-2-3-17(22)12-23(13)11-15-9-20-21-18(15)14-4-6-16(19)7-5-14/h4-7,9,13,17H,2-3,8,10-12H2,1H3,(H,20,21)/t13-,17-/m1/s1. The van der Waals surface area contributed by atoms with Crippen LogP contribution in [0.4, 0.5) is 0 Å². The van der Waals surface area contributed by atoms with E-state index in [9.17, 15) is 0 Å². The van der Waals surface area contributed by atoms with Crippen LogP contribution < -0.4 is 0 Å². The van der Waals surface area contributed by atoms with Crippen LogP contribution in [0.5, 0.6) is 0 Å². The summed E-state index contributed by atoms with van der Waals surface area (Å²) in [7, 11) is 0. The maximum Gasteiger partial charge on any atom is 0.0695 e. The van der Waals surface area contributed by atoms with Crippen LogP contribution in [0.1, 0.15) is 25.3 Å². The third kappa shape index (κ3) is 3.03. The summed E-state index contributed by atoms with van der Waals surface area (Å²) in [4.78, 5) is 5.27. The van der Waals surface area contributed by atoms with Gasteiger partial charge in [-0.3, -0.25) is 14.9 Å². The van der Waals surface area contributed by atoms with Gasteiger partial charge in [0, 0.05) is 42.3 Å². The Morgan fingerprint density at radius 1 is 1.26 bits per heavy atom. The molecule has 0 radical (unpaired) electrons. The minimum atomic E-state index is 0.595. The van der Waals surface area contributed by atoms with Crippen LogP contribution in [0.3, 0.4) is 0 Å². The Bertz CT molecular complexity index is 666. The van der Waals surface area contributed by atoms with E-state index in [2.05, 4.69) is 39.1 Å². The van der Waals surface area contributed by atoms with Gasteiger partial charge in [0.05, 0.1) is 11.9 Å². The number of rotatable bonds is 3. The van der Waals surface area contributed by atoms with Gasteiger partial charge < -0.3 is 0 Å². The minimum absolute atomic E-state index is 0.595. The summed E-state index contributed by atoms with van der Waals surface area (Å²) >= 11 is 6.00. The number of halogens is 1. The van der Waals surface area contributed by atoms with Gasteiger partial charge in [-0.1, -0.05) is 23.7 Å². The molecule has 5 heteroatoms. The van der Waals surface area contributed by atoms with E-state index in [1.165, 1.54) is 38.0 Å². The molecular formula is C18H23ClN4. The van der Waals surface area contributed by atoms with E-state index in [1.807, 2.05) is 18.3 Å². The summed E-state index contributed by atoms with van der Waals surface area (Å²) in [5.41, 5.74) is 3.53. The van der Waals surface area contributed by atoms with Crippen molar-refractivity contribution in [2.24, 2.45) is 0 Å². The largest absolute Gasteiger partial charge is 0.298 e. The van der Waals surface area contributed by atoms with Gasteiger partial charge in [0.2, 0.25) is 0 Å². The molecule has 2 atom stereocenters. The maximum atomic E-state index is 6.00. The second-order valence-electron chi connectivity index (χ2n) is 6.85. The summed E-state index contributed by atoms with van der Waals surface area (Å²) in [6.07, 6.45) is 4.67. The highest BCUT2D eigenvalue weighted by Gasteiger charge is 2.34. The van der Waals surface area contributed by atoms with Crippen LogP contribution in [-0.4, -0.2) is 51.7 Å². The number of hydrogen-bond acceptors (Lipinski definition) is 3. The van der Waals surface area contributed by atoms with Gasteiger partial charge in [0.1, 0.15) is 0 Å². The van der Waals surface area contributed by atoms with E-state index in [0.29, 0.717) is 6.04 Å². The predicted molar refractivity (Wildman–Crippen MR) is 93.5 cm³/mol. The number of piperazine rings is 1. The van der Waals surface area contributed by atoms with Crippen molar-refractivity contribution in [3.63, 3.8) is 0 Å². The first-order valence-electron chi connectivity index (χ1n) is 8.47. The topological polar surface area (TPSA) is 35.2 Å². The molecule has 3 heterocycles. The molecule has 23 heavy (non-hydrogen) atoms. The van der Waals surface area contributed by atoms with Crippen molar-refractivity contribution in [1.82, 2.24) is 20.0 Å². The molecule has 2 aliphatic heterocycles. The Morgan fingerprint density at radius 2 is 2.09 bits per heavy atom. The van der Waals surface area contributed by atoms with E-state index in [0.717, 1.165) is 28.9 Å². The molecular weight excluding hydrogens is 308 g/mol. The van der Waals surface area contributed by atoms with Crippen molar-refractivity contribution >= 4 is 11.6 Å². The Balaban J connectivity index is 1.53. The Hall–Kier alpha value is -1.36. The number of hydrogen-bond donors (Lipinski definition) is 1. The molecule has 0 spiro atoms. The smallest absolute Gasteiger partial charge is 0.0695 e. The van der Waals surface area contributed by atoms with E-state index in [1.54, 1.807) is 0 Å². The first-order chi connectivity index (χ1) is 11.2. The zero-order valence-corrected chi connectivity index (χ0v) is 14.3. The monoisotopic (exact) mass is 330 g/mol. The van der Waals surface area contributed by atoms with Crippen molar-refractivity contribution in [2.45, 2.75) is 38.4 Å². The lowest BCUT2D eigenvalue weighted by Crippen LogP contribution is -2.54. The van der Waals surface area contributed by atoms with Crippen molar-refractivity contribution in [3.05, 3.63) is 41.0 Å². The lowest BCUT2D eigenvalue weighted by atomic mass is 10.0. The fraction of sp³-hybridized carbons (Fsp3) is 0.500. The SMILES string of the molecule is C[C@@H]1CN2CCC[C@@H]2CN1Cc1cn[nH]c1-c1ccc(Cl)cc1. The summed E-state index contributed by atoms with van der Waals surface area (Å²) in [5.74, 6) is 0. The second kappa shape index (κ2) is 6.27. The lowest BCUT2D eigenvalue weighted by molar-refractivity contribution is 0.0541. The first-order valence-corrected chi connectivity index (χ1v) is 8.85. The molecule has 1 aromatic carbocycles. The third-order valence-electron chi connectivity index (χ3n) is 5.29. The van der Waals surface area contributed by atoms with Gasteiger partial charge in [-0.15, -0.1) is 0 Å². The summed E-state index contributed by atoms with van der Waals surface area (Å²) < 4.78 is 0. The molecule has 4 nitrogen and oxygen atoms in total. The van der Waals surface area contributed by atoms with Crippen LogP contribution in [0.2, 0.25) is 5.02 Å². The predicted octanol–water partition coefficient (Wildman–Crippen LogP) is 3.40. The van der Waals surface area contributed by atoms with E-state index >= 15 is 0 Å². The molecule has 2 aromatic rings. The highest BCUT2D eigenvalue weighted by Crippen LogP contribution is 2.28. The van der Waals surface area contributed by atoms with E-state index in [4.69, 9.17) is 11.6 Å². The van der Waals surface area contributed by atoms with Crippen molar-refractivity contribution in [3.8, 4) is 11.3 Å². The van der Waals surface area contributed by atoms with Gasteiger partial charge in [-0.2, -0.15) is 5.10 Å². The van der Waals surface area contributed by atoms with E-state index in [-0.39, 0.29) is 0 Å². The molecule has 2 aliphatic rings. The average molecular weight is 331 g/mol. The molecule has 0 bridgehead atoms. The second-order valence-corrected chi connectivity index (χ2v) is 7.28. The number of nitrogens with one attached hydrogen (secondary N) is 1. The number of H-pyrrole nitrogens is 1. The number of aromatic amines is 1. The van der Waals surface area contributed by atoms with Crippen LogP contribution in [0, 0.1) is 0 Å². The summed E-state index contributed by atoms with van der Waals surface area (Å²) in [6.45, 7) is 6.95. The van der Waals surface area contributed by atoms with Gasteiger partial charge in [-0.25, -0.2) is 0 Å². The molecule has 0 amide bonds. The molecule has 2 saturated heterocycles. The number of fused-ring (bicyclic) bond motifs is 1. The Kier molecular flexibility index (Phi) is 4.14. The highest BCUT2D eigenvalue weighted by molar-refractivity contribution is 6.30. The van der Waals surface area contributed by atoms with Crippen LogP contribution in [0.25, 0.3) is 11.3 Å². The fourth-order valence-electron chi connectivity index (χ4n) is 3.98. The quantitative estimate of drug-likeness (QED) is 0.936. The van der Waals surface area contributed by atoms with Crippen LogP contribution >= 0.6 is 11.6 Å². The van der Waals surface area contributed by atoms with Crippen molar-refractivity contribution in [1.29, 1.82) is 0 Å². The molecule has 122 valence electrons. The number of aromatic nitrogens is 2. The molecule has 0 saturated carbocycles. The van der Waals surface area contributed by atoms with Crippen LogP contribution in [0.15, 0.2) is 30.5 Å². The molecule has 4 rings (SSSR count). The zero-order valence-electron chi connectivity index (χ0n) is 13.5. The number of benzene rings is 1. The number of nitrogens with zero attached hydrogens (tertiary/aromatic N) is 3. The van der Waals surface area contributed by atoms with Crippen molar-refractivity contribution < 1.29 is 0 Å². The van der Waals surface area contributed by atoms with Crippen molar-refractivity contribution in [2.75, 3.05) is 19.6 Å². The zero-order chi connectivity index (χ0) is 15.8. The van der Waals surface area contributed by atoms with Gasteiger partial charge in [0.15, 0.2) is 0 Å².